The zero-order valence-corrected chi connectivity index (χ0v) is 13.6. The predicted molar refractivity (Wildman–Crippen MR) is 87.7 cm³/mol. The highest BCUT2D eigenvalue weighted by Gasteiger charge is 2.28. The molecule has 6 heteroatoms. The van der Waals surface area contributed by atoms with E-state index in [4.69, 9.17) is 0 Å². The van der Waals surface area contributed by atoms with E-state index in [2.05, 4.69) is 33.0 Å². The summed E-state index contributed by atoms with van der Waals surface area (Å²) in [5, 5.41) is 17.7. The number of likely N-dealkylation sites (tertiary alicyclic amines) is 1. The Hall–Kier alpha value is -0.950. The summed E-state index contributed by atoms with van der Waals surface area (Å²) in [7, 11) is 0. The Morgan fingerprint density at radius 1 is 1.45 bits per heavy atom. The zero-order valence-electron chi connectivity index (χ0n) is 12.8. The highest BCUT2D eigenvalue weighted by molar-refractivity contribution is 7.09. The van der Waals surface area contributed by atoms with Crippen molar-refractivity contribution < 1.29 is 9.90 Å². The van der Waals surface area contributed by atoms with Crippen molar-refractivity contribution >= 4 is 17.2 Å². The summed E-state index contributed by atoms with van der Waals surface area (Å²) in [6.07, 6.45) is 2.44. The van der Waals surface area contributed by atoms with E-state index in [1.54, 1.807) is 0 Å². The number of carbonyl (C=O) groups is 1. The molecule has 3 heterocycles. The van der Waals surface area contributed by atoms with Crippen molar-refractivity contribution in [3.05, 3.63) is 22.4 Å². The molecule has 2 unspecified atom stereocenters. The van der Waals surface area contributed by atoms with E-state index >= 15 is 0 Å². The Kier molecular flexibility index (Phi) is 5.46. The van der Waals surface area contributed by atoms with Gasteiger partial charge in [0.2, 0.25) is 5.91 Å². The normalized spacial score (nSPS) is 27.1. The Labute approximate surface area is 135 Å². The molecule has 22 heavy (non-hydrogen) atoms. The molecule has 0 aliphatic carbocycles. The lowest BCUT2D eigenvalue weighted by atomic mass is 9.96. The number of β-amino-alcohol motifs (C(OH)–C–C–N with tert-alkyl or cyclic N) is 1. The molecule has 5 nitrogen and oxygen atoms in total. The van der Waals surface area contributed by atoms with Gasteiger partial charge in [0.1, 0.15) is 0 Å². The monoisotopic (exact) mass is 323 g/mol. The van der Waals surface area contributed by atoms with Gasteiger partial charge in [0, 0.05) is 24.5 Å². The van der Waals surface area contributed by atoms with Crippen LogP contribution in [0.15, 0.2) is 17.5 Å². The maximum absolute atomic E-state index is 12.0. The van der Waals surface area contributed by atoms with Crippen LogP contribution in [0.25, 0.3) is 0 Å². The van der Waals surface area contributed by atoms with Gasteiger partial charge in [-0.3, -0.25) is 9.69 Å². The van der Waals surface area contributed by atoms with E-state index in [0.717, 1.165) is 39.0 Å². The lowest BCUT2D eigenvalue weighted by molar-refractivity contribution is -0.123. The minimum absolute atomic E-state index is 0.0394. The second-order valence-corrected chi connectivity index (χ2v) is 7.43. The summed E-state index contributed by atoms with van der Waals surface area (Å²) in [5.41, 5.74) is 0. The highest BCUT2D eigenvalue weighted by atomic mass is 32.1. The SMILES string of the molecule is O=C(NCC1CCN(Cc2cccs2)CC1)C1CC(O)CN1. The lowest BCUT2D eigenvalue weighted by Gasteiger charge is -2.31. The number of rotatable bonds is 5. The van der Waals surface area contributed by atoms with Crippen LogP contribution in [0.1, 0.15) is 24.1 Å². The van der Waals surface area contributed by atoms with Gasteiger partial charge in [0.15, 0.2) is 0 Å². The fourth-order valence-electron chi connectivity index (χ4n) is 3.26. The third-order valence-corrected chi connectivity index (χ3v) is 5.52. The number of thiophene rings is 1. The Balaban J connectivity index is 1.34. The molecule has 0 bridgehead atoms. The van der Waals surface area contributed by atoms with Crippen molar-refractivity contribution in [1.82, 2.24) is 15.5 Å². The van der Waals surface area contributed by atoms with Crippen LogP contribution in [0.4, 0.5) is 0 Å². The molecular formula is C16H25N3O2S. The average Bonchev–Trinajstić information content (AvgIpc) is 3.18. The van der Waals surface area contributed by atoms with E-state index in [0.29, 0.717) is 18.9 Å². The molecule has 0 saturated carbocycles. The molecular weight excluding hydrogens is 298 g/mol. The summed E-state index contributed by atoms with van der Waals surface area (Å²) < 4.78 is 0. The molecule has 3 rings (SSSR count). The number of amides is 1. The van der Waals surface area contributed by atoms with E-state index in [1.165, 1.54) is 4.88 Å². The third-order valence-electron chi connectivity index (χ3n) is 4.66. The third kappa shape index (κ3) is 4.29. The number of hydrogen-bond donors (Lipinski definition) is 3. The first-order valence-electron chi connectivity index (χ1n) is 8.14. The topological polar surface area (TPSA) is 64.6 Å². The number of piperidine rings is 1. The van der Waals surface area contributed by atoms with E-state index < -0.39 is 0 Å². The van der Waals surface area contributed by atoms with Gasteiger partial charge >= 0.3 is 0 Å². The van der Waals surface area contributed by atoms with Crippen molar-refractivity contribution in [1.29, 1.82) is 0 Å². The maximum Gasteiger partial charge on any atom is 0.237 e. The Bertz CT molecular complexity index is 472. The quantitative estimate of drug-likeness (QED) is 0.750. The molecule has 2 aliphatic rings. The van der Waals surface area contributed by atoms with Gasteiger partial charge in [-0.25, -0.2) is 0 Å². The predicted octanol–water partition coefficient (Wildman–Crippen LogP) is 0.799. The van der Waals surface area contributed by atoms with Crippen LogP contribution < -0.4 is 10.6 Å². The highest BCUT2D eigenvalue weighted by Crippen LogP contribution is 2.20. The fourth-order valence-corrected chi connectivity index (χ4v) is 4.00. The molecule has 0 spiro atoms. The molecule has 1 amide bonds. The van der Waals surface area contributed by atoms with Gasteiger partial charge < -0.3 is 15.7 Å². The smallest absolute Gasteiger partial charge is 0.237 e. The largest absolute Gasteiger partial charge is 0.392 e. The second kappa shape index (κ2) is 7.55. The van der Waals surface area contributed by atoms with Crippen LogP contribution in [-0.2, 0) is 11.3 Å². The van der Waals surface area contributed by atoms with E-state index in [9.17, 15) is 9.90 Å². The zero-order chi connectivity index (χ0) is 15.4. The molecule has 2 atom stereocenters. The first-order valence-corrected chi connectivity index (χ1v) is 9.02. The van der Waals surface area contributed by atoms with Crippen molar-refractivity contribution in [2.24, 2.45) is 5.92 Å². The van der Waals surface area contributed by atoms with Crippen LogP contribution in [0.3, 0.4) is 0 Å². The fraction of sp³-hybridized carbons (Fsp3) is 0.688. The summed E-state index contributed by atoms with van der Waals surface area (Å²) in [5.74, 6) is 0.618. The van der Waals surface area contributed by atoms with Crippen LogP contribution in [-0.4, -0.2) is 54.2 Å². The molecule has 3 N–H and O–H groups in total. The van der Waals surface area contributed by atoms with Gasteiger partial charge in [-0.1, -0.05) is 6.07 Å². The van der Waals surface area contributed by atoms with Gasteiger partial charge in [-0.05, 0) is 49.7 Å². The van der Waals surface area contributed by atoms with Crippen molar-refractivity contribution in [3.8, 4) is 0 Å². The van der Waals surface area contributed by atoms with Crippen LogP contribution in [0.5, 0.6) is 0 Å². The average molecular weight is 323 g/mol. The van der Waals surface area contributed by atoms with Gasteiger partial charge in [0.05, 0.1) is 12.1 Å². The Morgan fingerprint density at radius 3 is 2.91 bits per heavy atom. The van der Waals surface area contributed by atoms with Crippen molar-refractivity contribution in [2.45, 2.75) is 38.0 Å². The van der Waals surface area contributed by atoms with Crippen molar-refractivity contribution in [3.63, 3.8) is 0 Å². The lowest BCUT2D eigenvalue weighted by Crippen LogP contribution is -2.44. The summed E-state index contributed by atoms with van der Waals surface area (Å²) in [6, 6.07) is 4.09. The molecule has 1 aromatic rings. The maximum atomic E-state index is 12.0. The standard InChI is InChI=1S/C16H25N3O2S/c20-13-8-15(17-10-13)16(21)18-9-12-3-5-19(6-4-12)11-14-2-1-7-22-14/h1-2,7,12-13,15,17,20H,3-6,8-11H2,(H,18,21). The molecule has 0 radical (unpaired) electrons. The summed E-state index contributed by atoms with van der Waals surface area (Å²) in [6.45, 7) is 4.57. The van der Waals surface area contributed by atoms with Crippen molar-refractivity contribution in [2.75, 3.05) is 26.2 Å². The molecule has 2 aliphatic heterocycles. The number of carbonyl (C=O) groups excluding carboxylic acids is 1. The molecule has 2 saturated heterocycles. The van der Waals surface area contributed by atoms with Gasteiger partial charge in [-0.15, -0.1) is 11.3 Å². The summed E-state index contributed by atoms with van der Waals surface area (Å²) >= 11 is 1.82. The van der Waals surface area contributed by atoms with Gasteiger partial charge in [-0.2, -0.15) is 0 Å². The number of hydrogen-bond acceptors (Lipinski definition) is 5. The van der Waals surface area contributed by atoms with E-state index in [-0.39, 0.29) is 18.1 Å². The second-order valence-electron chi connectivity index (χ2n) is 6.39. The molecule has 2 fully saturated rings. The minimum Gasteiger partial charge on any atom is -0.392 e. The molecule has 0 aromatic carbocycles. The van der Waals surface area contributed by atoms with Crippen LogP contribution in [0, 0.1) is 5.92 Å². The van der Waals surface area contributed by atoms with Crippen LogP contribution >= 0.6 is 11.3 Å². The number of aliphatic hydroxyl groups excluding tert-OH is 1. The number of nitrogens with zero attached hydrogens (tertiary/aromatic N) is 1. The molecule has 122 valence electrons. The minimum atomic E-state index is -0.378. The first-order chi connectivity index (χ1) is 10.7. The Morgan fingerprint density at radius 2 is 2.27 bits per heavy atom. The first kappa shape index (κ1) is 15.9. The van der Waals surface area contributed by atoms with Crippen LogP contribution in [0.2, 0.25) is 0 Å². The number of aliphatic hydroxyl groups is 1. The summed E-state index contributed by atoms with van der Waals surface area (Å²) in [4.78, 5) is 15.9. The van der Waals surface area contributed by atoms with E-state index in [1.807, 2.05) is 11.3 Å². The van der Waals surface area contributed by atoms with Gasteiger partial charge in [0.25, 0.3) is 0 Å². The number of nitrogens with one attached hydrogen (secondary N) is 2. The molecule has 1 aromatic heterocycles.